The third-order valence-electron chi connectivity index (χ3n) is 4.88. The van der Waals surface area contributed by atoms with Crippen LogP contribution in [0.4, 0.5) is 4.79 Å². The highest BCUT2D eigenvalue weighted by atomic mass is 16.6. The van der Waals surface area contributed by atoms with Crippen LogP contribution in [0.5, 0.6) is 11.5 Å². The molecule has 0 radical (unpaired) electrons. The molecule has 3 aromatic rings. The van der Waals surface area contributed by atoms with E-state index in [1.165, 1.54) is 7.11 Å². The standard InChI is InChI=1S/C27H27NO7/c1-32-24-16-22(17-28-27(31)34-19-21-10-6-3-7-11-21)12-13-23(24)35-26(30)15-14-25(29)33-18-20-8-4-2-5-9-20/h2-13,16H,14-15,17-19H2,1H3,(H,28,31). The summed E-state index contributed by atoms with van der Waals surface area (Å²) in [6.45, 7) is 0.522. The van der Waals surface area contributed by atoms with Gasteiger partial charge >= 0.3 is 18.0 Å². The Kier molecular flexibility index (Phi) is 9.68. The second-order valence-electron chi connectivity index (χ2n) is 7.52. The van der Waals surface area contributed by atoms with Gasteiger partial charge in [-0.15, -0.1) is 0 Å². The Morgan fingerprint density at radius 1 is 0.686 bits per heavy atom. The Morgan fingerprint density at radius 3 is 1.91 bits per heavy atom. The van der Waals surface area contributed by atoms with Crippen molar-refractivity contribution in [2.75, 3.05) is 7.11 Å². The summed E-state index contributed by atoms with van der Waals surface area (Å²) < 4.78 is 21.0. The highest BCUT2D eigenvalue weighted by Crippen LogP contribution is 2.28. The van der Waals surface area contributed by atoms with E-state index in [2.05, 4.69) is 5.32 Å². The molecule has 0 atom stereocenters. The summed E-state index contributed by atoms with van der Waals surface area (Å²) in [4.78, 5) is 36.0. The number of amides is 1. The summed E-state index contributed by atoms with van der Waals surface area (Å²) in [5.41, 5.74) is 2.48. The maximum absolute atomic E-state index is 12.2. The third-order valence-corrected chi connectivity index (χ3v) is 4.88. The van der Waals surface area contributed by atoms with E-state index in [0.717, 1.165) is 16.7 Å². The lowest BCUT2D eigenvalue weighted by Crippen LogP contribution is -2.23. The first-order valence-corrected chi connectivity index (χ1v) is 11.0. The highest BCUT2D eigenvalue weighted by molar-refractivity contribution is 5.79. The van der Waals surface area contributed by atoms with E-state index in [0.29, 0.717) is 5.75 Å². The van der Waals surface area contributed by atoms with E-state index in [9.17, 15) is 14.4 Å². The Labute approximate surface area is 203 Å². The number of esters is 2. The van der Waals surface area contributed by atoms with Gasteiger partial charge < -0.3 is 24.3 Å². The van der Waals surface area contributed by atoms with Crippen LogP contribution >= 0.6 is 0 Å². The van der Waals surface area contributed by atoms with Gasteiger partial charge in [-0.3, -0.25) is 9.59 Å². The van der Waals surface area contributed by atoms with Gasteiger partial charge in [-0.05, 0) is 28.8 Å². The van der Waals surface area contributed by atoms with E-state index >= 15 is 0 Å². The number of rotatable bonds is 11. The molecule has 35 heavy (non-hydrogen) atoms. The van der Waals surface area contributed by atoms with Crippen molar-refractivity contribution in [1.29, 1.82) is 0 Å². The molecule has 3 aromatic carbocycles. The van der Waals surface area contributed by atoms with Gasteiger partial charge in [0.25, 0.3) is 0 Å². The van der Waals surface area contributed by atoms with E-state index < -0.39 is 18.0 Å². The van der Waals surface area contributed by atoms with Gasteiger partial charge in [-0.25, -0.2) is 4.79 Å². The average Bonchev–Trinajstić information content (AvgIpc) is 2.90. The molecular formula is C27H27NO7. The number of alkyl carbamates (subject to hydrolysis) is 1. The predicted molar refractivity (Wildman–Crippen MR) is 128 cm³/mol. The fourth-order valence-electron chi connectivity index (χ4n) is 3.04. The van der Waals surface area contributed by atoms with Crippen LogP contribution in [0.2, 0.25) is 0 Å². The second kappa shape index (κ2) is 13.4. The molecule has 182 valence electrons. The molecule has 0 aliphatic rings. The number of ether oxygens (including phenoxy) is 4. The molecule has 0 aliphatic carbocycles. The summed E-state index contributed by atoms with van der Waals surface area (Å²) in [5.74, 6) is -0.541. The van der Waals surface area contributed by atoms with Crippen LogP contribution in [-0.2, 0) is 38.8 Å². The summed E-state index contributed by atoms with van der Waals surface area (Å²) in [7, 11) is 1.44. The quantitative estimate of drug-likeness (QED) is 0.319. The van der Waals surface area contributed by atoms with Gasteiger partial charge in [0.15, 0.2) is 11.5 Å². The lowest BCUT2D eigenvalue weighted by atomic mass is 10.2. The number of carbonyl (C=O) groups is 3. The molecule has 0 saturated heterocycles. The van der Waals surface area contributed by atoms with Crippen molar-refractivity contribution in [3.05, 3.63) is 95.6 Å². The van der Waals surface area contributed by atoms with Crippen molar-refractivity contribution in [2.45, 2.75) is 32.6 Å². The topological polar surface area (TPSA) is 100 Å². The number of benzene rings is 3. The highest BCUT2D eigenvalue weighted by Gasteiger charge is 2.14. The molecule has 0 fully saturated rings. The van der Waals surface area contributed by atoms with Crippen LogP contribution in [0.25, 0.3) is 0 Å². The molecule has 8 heteroatoms. The maximum Gasteiger partial charge on any atom is 0.407 e. The Balaban J connectivity index is 1.41. The molecule has 0 unspecified atom stereocenters. The number of methoxy groups -OCH3 is 1. The summed E-state index contributed by atoms with van der Waals surface area (Å²) in [6.07, 6.45) is -0.781. The van der Waals surface area contributed by atoms with E-state index in [1.807, 2.05) is 60.7 Å². The molecule has 0 spiro atoms. The molecule has 0 saturated carbocycles. The Morgan fingerprint density at radius 2 is 1.29 bits per heavy atom. The van der Waals surface area contributed by atoms with Gasteiger partial charge in [0.2, 0.25) is 0 Å². The minimum absolute atomic E-state index is 0.0962. The lowest BCUT2D eigenvalue weighted by molar-refractivity contribution is -0.148. The predicted octanol–water partition coefficient (Wildman–Crippen LogP) is 4.55. The van der Waals surface area contributed by atoms with Crippen LogP contribution in [-0.4, -0.2) is 25.1 Å². The monoisotopic (exact) mass is 477 g/mol. The third kappa shape index (κ3) is 8.85. The zero-order valence-corrected chi connectivity index (χ0v) is 19.4. The van der Waals surface area contributed by atoms with Gasteiger partial charge in [-0.1, -0.05) is 66.7 Å². The summed E-state index contributed by atoms with van der Waals surface area (Å²) >= 11 is 0. The van der Waals surface area contributed by atoms with Crippen molar-refractivity contribution in [3.8, 4) is 11.5 Å². The van der Waals surface area contributed by atoms with E-state index in [-0.39, 0.29) is 38.3 Å². The summed E-state index contributed by atoms with van der Waals surface area (Å²) in [5, 5.41) is 2.66. The summed E-state index contributed by atoms with van der Waals surface area (Å²) in [6, 6.07) is 23.5. The van der Waals surface area contributed by atoms with Crippen LogP contribution in [0, 0.1) is 0 Å². The Bertz CT molecular complexity index is 1120. The van der Waals surface area contributed by atoms with Crippen molar-refractivity contribution in [3.63, 3.8) is 0 Å². The fourth-order valence-corrected chi connectivity index (χ4v) is 3.04. The van der Waals surface area contributed by atoms with E-state index in [1.54, 1.807) is 18.2 Å². The van der Waals surface area contributed by atoms with Gasteiger partial charge in [-0.2, -0.15) is 0 Å². The number of nitrogens with one attached hydrogen (secondary N) is 1. The van der Waals surface area contributed by atoms with Crippen molar-refractivity contribution < 1.29 is 33.3 Å². The molecule has 1 amide bonds. The first kappa shape index (κ1) is 25.3. The van der Waals surface area contributed by atoms with Crippen LogP contribution in [0.3, 0.4) is 0 Å². The van der Waals surface area contributed by atoms with Crippen molar-refractivity contribution in [1.82, 2.24) is 5.32 Å². The van der Waals surface area contributed by atoms with Crippen molar-refractivity contribution in [2.24, 2.45) is 0 Å². The maximum atomic E-state index is 12.2. The molecule has 0 aromatic heterocycles. The molecule has 0 bridgehead atoms. The minimum atomic E-state index is -0.588. The van der Waals surface area contributed by atoms with Gasteiger partial charge in [0.1, 0.15) is 13.2 Å². The van der Waals surface area contributed by atoms with Gasteiger partial charge in [0.05, 0.1) is 20.0 Å². The molecule has 8 nitrogen and oxygen atoms in total. The normalized spacial score (nSPS) is 10.2. The first-order valence-electron chi connectivity index (χ1n) is 11.0. The minimum Gasteiger partial charge on any atom is -0.493 e. The average molecular weight is 478 g/mol. The zero-order valence-electron chi connectivity index (χ0n) is 19.4. The molecular weight excluding hydrogens is 450 g/mol. The Hall–Kier alpha value is -4.33. The second-order valence-corrected chi connectivity index (χ2v) is 7.52. The molecule has 0 aliphatic heterocycles. The van der Waals surface area contributed by atoms with Crippen LogP contribution in [0.15, 0.2) is 78.9 Å². The van der Waals surface area contributed by atoms with E-state index in [4.69, 9.17) is 18.9 Å². The van der Waals surface area contributed by atoms with Crippen LogP contribution in [0.1, 0.15) is 29.5 Å². The molecule has 0 heterocycles. The first-order chi connectivity index (χ1) is 17.0. The van der Waals surface area contributed by atoms with Crippen molar-refractivity contribution >= 4 is 18.0 Å². The SMILES string of the molecule is COc1cc(CNC(=O)OCc2ccccc2)ccc1OC(=O)CCC(=O)OCc1ccccc1. The van der Waals surface area contributed by atoms with Gasteiger partial charge in [0, 0.05) is 6.54 Å². The largest absolute Gasteiger partial charge is 0.493 e. The number of hydrogen-bond acceptors (Lipinski definition) is 7. The lowest BCUT2D eigenvalue weighted by Gasteiger charge is -2.12. The number of hydrogen-bond donors (Lipinski definition) is 1. The number of carbonyl (C=O) groups excluding carboxylic acids is 3. The smallest absolute Gasteiger partial charge is 0.407 e. The zero-order chi connectivity index (χ0) is 24.9. The fraction of sp³-hybridized carbons (Fsp3) is 0.222. The van der Waals surface area contributed by atoms with Crippen LogP contribution < -0.4 is 14.8 Å². The molecule has 3 rings (SSSR count). The molecule has 1 N–H and O–H groups in total.